The van der Waals surface area contributed by atoms with Gasteiger partial charge in [0.15, 0.2) is 0 Å². The number of nitrogens with zero attached hydrogens (tertiary/aromatic N) is 1. The van der Waals surface area contributed by atoms with E-state index >= 15 is 0 Å². The van der Waals surface area contributed by atoms with Gasteiger partial charge in [-0.3, -0.25) is 9.78 Å². The highest BCUT2D eigenvalue weighted by Gasteiger charge is 2.33. The van der Waals surface area contributed by atoms with Crippen molar-refractivity contribution in [2.24, 2.45) is 0 Å². The predicted molar refractivity (Wildman–Crippen MR) is 92.1 cm³/mol. The van der Waals surface area contributed by atoms with Crippen molar-refractivity contribution in [3.63, 3.8) is 0 Å². The number of pyridine rings is 1. The molecule has 1 aromatic heterocycles. The van der Waals surface area contributed by atoms with Crippen molar-refractivity contribution in [3.8, 4) is 0 Å². The molecule has 2 saturated carbocycles. The summed E-state index contributed by atoms with van der Waals surface area (Å²) in [7, 11) is 0. The number of hydrogen-bond acceptors (Lipinski definition) is 3. The maximum Gasteiger partial charge on any atom is 0.220 e. The third kappa shape index (κ3) is 5.03. The Hall–Kier alpha value is -1.42. The highest BCUT2D eigenvalue weighted by atomic mass is 16.1. The van der Waals surface area contributed by atoms with Crippen LogP contribution in [-0.2, 0) is 11.2 Å². The first kappa shape index (κ1) is 16.4. The van der Waals surface area contributed by atoms with E-state index in [0.29, 0.717) is 24.5 Å². The molecule has 4 nitrogen and oxygen atoms in total. The fourth-order valence-electron chi connectivity index (χ4n) is 3.70. The molecule has 0 aromatic carbocycles. The molecule has 0 aliphatic heterocycles. The lowest BCUT2D eigenvalue weighted by atomic mass is 9.85. The zero-order valence-electron chi connectivity index (χ0n) is 14.0. The fourth-order valence-corrected chi connectivity index (χ4v) is 3.70. The first-order valence-electron chi connectivity index (χ1n) is 9.25. The Morgan fingerprint density at radius 3 is 2.52 bits per heavy atom. The molecule has 2 N–H and O–H groups in total. The molecule has 126 valence electrons. The zero-order valence-corrected chi connectivity index (χ0v) is 14.0. The maximum atomic E-state index is 12.2. The van der Waals surface area contributed by atoms with Gasteiger partial charge < -0.3 is 10.6 Å². The van der Waals surface area contributed by atoms with Crippen molar-refractivity contribution in [3.05, 3.63) is 30.1 Å². The predicted octanol–water partition coefficient (Wildman–Crippen LogP) is 2.97. The van der Waals surface area contributed by atoms with E-state index in [2.05, 4.69) is 15.6 Å². The number of amides is 1. The van der Waals surface area contributed by atoms with Crippen molar-refractivity contribution >= 4 is 5.91 Å². The van der Waals surface area contributed by atoms with E-state index < -0.39 is 0 Å². The van der Waals surface area contributed by atoms with Crippen LogP contribution in [0, 0.1) is 0 Å². The monoisotopic (exact) mass is 315 g/mol. The van der Waals surface area contributed by atoms with Gasteiger partial charge in [-0.2, -0.15) is 0 Å². The molecule has 2 unspecified atom stereocenters. The quantitative estimate of drug-likeness (QED) is 0.794. The molecule has 0 bridgehead atoms. The van der Waals surface area contributed by atoms with E-state index in [1.165, 1.54) is 44.9 Å². The van der Waals surface area contributed by atoms with Crippen LogP contribution in [0.2, 0.25) is 0 Å². The molecular weight excluding hydrogens is 286 g/mol. The van der Waals surface area contributed by atoms with Gasteiger partial charge >= 0.3 is 0 Å². The molecule has 1 aromatic rings. The van der Waals surface area contributed by atoms with Crippen molar-refractivity contribution in [2.75, 3.05) is 0 Å². The molecule has 1 amide bonds. The van der Waals surface area contributed by atoms with Crippen molar-refractivity contribution in [1.82, 2.24) is 15.6 Å². The SMILES string of the molecule is O=C(CCc1cccnc1)NC1CCC1NC1CCCCCC1. The van der Waals surface area contributed by atoms with Gasteiger partial charge in [0, 0.05) is 36.9 Å². The first-order chi connectivity index (χ1) is 11.3. The molecule has 2 aliphatic rings. The van der Waals surface area contributed by atoms with Gasteiger partial charge in [-0.25, -0.2) is 0 Å². The number of carbonyl (C=O) groups excluding carboxylic acids is 1. The van der Waals surface area contributed by atoms with Crippen LogP contribution in [0.4, 0.5) is 0 Å². The molecule has 2 aliphatic carbocycles. The minimum Gasteiger partial charge on any atom is -0.352 e. The topological polar surface area (TPSA) is 54.0 Å². The Balaban J connectivity index is 1.38. The lowest BCUT2D eigenvalue weighted by Gasteiger charge is -2.40. The van der Waals surface area contributed by atoms with Gasteiger partial charge in [0.1, 0.15) is 0 Å². The summed E-state index contributed by atoms with van der Waals surface area (Å²) in [6.45, 7) is 0. The summed E-state index contributed by atoms with van der Waals surface area (Å²) in [5, 5.41) is 7.02. The molecule has 0 spiro atoms. The minimum absolute atomic E-state index is 0.172. The van der Waals surface area contributed by atoms with Gasteiger partial charge in [0.05, 0.1) is 0 Å². The van der Waals surface area contributed by atoms with Gasteiger partial charge in [-0.05, 0) is 43.7 Å². The number of nitrogens with one attached hydrogen (secondary N) is 2. The Morgan fingerprint density at radius 2 is 1.87 bits per heavy atom. The molecule has 3 rings (SSSR count). The molecule has 0 saturated heterocycles. The number of aryl methyl sites for hydroxylation is 1. The lowest BCUT2D eigenvalue weighted by molar-refractivity contribution is -0.122. The normalized spacial score (nSPS) is 25.4. The van der Waals surface area contributed by atoms with Crippen LogP contribution in [-0.4, -0.2) is 29.0 Å². The third-order valence-electron chi connectivity index (χ3n) is 5.29. The molecule has 23 heavy (non-hydrogen) atoms. The fraction of sp³-hybridized carbons (Fsp3) is 0.684. The summed E-state index contributed by atoms with van der Waals surface area (Å²) >= 11 is 0. The van der Waals surface area contributed by atoms with Crippen LogP contribution in [0.1, 0.15) is 63.4 Å². The molecule has 0 radical (unpaired) electrons. The van der Waals surface area contributed by atoms with Crippen LogP contribution < -0.4 is 10.6 Å². The van der Waals surface area contributed by atoms with Gasteiger partial charge in [-0.1, -0.05) is 31.7 Å². The number of carbonyl (C=O) groups is 1. The van der Waals surface area contributed by atoms with E-state index in [1.807, 2.05) is 18.3 Å². The van der Waals surface area contributed by atoms with Gasteiger partial charge in [0.2, 0.25) is 5.91 Å². The van der Waals surface area contributed by atoms with Crippen molar-refractivity contribution < 1.29 is 4.79 Å². The summed E-state index contributed by atoms with van der Waals surface area (Å²) in [6, 6.07) is 5.43. The van der Waals surface area contributed by atoms with Crippen LogP contribution in [0.25, 0.3) is 0 Å². The van der Waals surface area contributed by atoms with E-state index in [-0.39, 0.29) is 5.91 Å². The highest BCUT2D eigenvalue weighted by Crippen LogP contribution is 2.24. The van der Waals surface area contributed by atoms with Crippen LogP contribution in [0.3, 0.4) is 0 Å². The molecule has 2 atom stereocenters. The first-order valence-corrected chi connectivity index (χ1v) is 9.25. The Bertz CT molecular complexity index is 483. The van der Waals surface area contributed by atoms with Crippen LogP contribution in [0.5, 0.6) is 0 Å². The summed E-state index contributed by atoms with van der Waals surface area (Å²) in [4.78, 5) is 16.2. The maximum absolute atomic E-state index is 12.2. The Morgan fingerprint density at radius 1 is 1.09 bits per heavy atom. The standard InChI is InChI=1S/C19H29N3O/c23-19(12-9-15-6-5-13-20-14-15)22-18-11-10-17(18)21-16-7-3-1-2-4-8-16/h5-6,13-14,16-18,21H,1-4,7-12H2,(H,22,23). The summed E-state index contributed by atoms with van der Waals surface area (Å²) in [6.07, 6.45) is 15.3. The van der Waals surface area contributed by atoms with Crippen molar-refractivity contribution in [2.45, 2.75) is 82.3 Å². The number of rotatable bonds is 6. The Labute approximate surface area is 139 Å². The van der Waals surface area contributed by atoms with E-state index in [9.17, 15) is 4.79 Å². The smallest absolute Gasteiger partial charge is 0.220 e. The minimum atomic E-state index is 0.172. The molecular formula is C19H29N3O. The highest BCUT2D eigenvalue weighted by molar-refractivity contribution is 5.76. The number of hydrogen-bond donors (Lipinski definition) is 2. The summed E-state index contributed by atoms with van der Waals surface area (Å²) in [5.41, 5.74) is 1.13. The van der Waals surface area contributed by atoms with Crippen molar-refractivity contribution in [1.29, 1.82) is 0 Å². The molecule has 1 heterocycles. The summed E-state index contributed by atoms with van der Waals surface area (Å²) < 4.78 is 0. The van der Waals surface area contributed by atoms with E-state index in [0.717, 1.165) is 18.4 Å². The summed E-state index contributed by atoms with van der Waals surface area (Å²) in [5.74, 6) is 0.172. The third-order valence-corrected chi connectivity index (χ3v) is 5.29. The van der Waals surface area contributed by atoms with Gasteiger partial charge in [-0.15, -0.1) is 0 Å². The second-order valence-corrected chi connectivity index (χ2v) is 7.07. The average molecular weight is 315 g/mol. The van der Waals surface area contributed by atoms with Crippen LogP contribution >= 0.6 is 0 Å². The largest absolute Gasteiger partial charge is 0.352 e. The lowest BCUT2D eigenvalue weighted by Crippen LogP contribution is -2.58. The average Bonchev–Trinajstić information content (AvgIpc) is 2.84. The van der Waals surface area contributed by atoms with Crippen LogP contribution in [0.15, 0.2) is 24.5 Å². The van der Waals surface area contributed by atoms with E-state index in [4.69, 9.17) is 0 Å². The van der Waals surface area contributed by atoms with E-state index in [1.54, 1.807) is 6.20 Å². The van der Waals surface area contributed by atoms with Gasteiger partial charge in [0.25, 0.3) is 0 Å². The molecule has 2 fully saturated rings. The second-order valence-electron chi connectivity index (χ2n) is 7.07. The molecule has 4 heteroatoms. The zero-order chi connectivity index (χ0) is 15.9. The number of aromatic nitrogens is 1. The second kappa shape index (κ2) is 8.44. The Kier molecular flexibility index (Phi) is 6.03.